The Balaban J connectivity index is 2.11. The summed E-state index contributed by atoms with van der Waals surface area (Å²) in [4.78, 5) is 11.4. The number of halogens is 3. The van der Waals surface area contributed by atoms with Crippen LogP contribution in [0.5, 0.6) is 0 Å². The molecule has 3 aromatic rings. The molecule has 0 radical (unpaired) electrons. The van der Waals surface area contributed by atoms with Crippen LogP contribution >= 0.6 is 23.2 Å². The Bertz CT molecular complexity index is 907. The lowest BCUT2D eigenvalue weighted by Gasteiger charge is -2.03. The van der Waals surface area contributed by atoms with Crippen LogP contribution in [0.15, 0.2) is 48.7 Å². The third kappa shape index (κ3) is 3.42. The number of hydrogen-bond acceptors (Lipinski definition) is 2. The normalized spacial score (nSPS) is 10.8. The van der Waals surface area contributed by atoms with Crippen molar-refractivity contribution in [2.24, 2.45) is 5.73 Å². The highest BCUT2D eigenvalue weighted by atomic mass is 35.5. The molecule has 0 atom stereocenters. The predicted octanol–water partition coefficient (Wildman–Crippen LogP) is 4.01. The molecule has 0 saturated heterocycles. The summed E-state index contributed by atoms with van der Waals surface area (Å²) < 4.78 is 14.7. The molecule has 0 aliphatic heterocycles. The number of rotatable bonds is 4. The first-order valence-corrected chi connectivity index (χ1v) is 7.78. The fourth-order valence-electron chi connectivity index (χ4n) is 2.34. The van der Waals surface area contributed by atoms with Crippen molar-refractivity contribution in [3.05, 3.63) is 70.1 Å². The standard InChI is InChI=1S/C17H12Cl2FN3O/c18-14-6-1-10(7-15(14)19)17-11(8-16(21)24)9-23(22-17)13-4-2-12(20)3-5-13/h1-7,9H,8H2,(H2,21,24). The second kappa shape index (κ2) is 6.63. The van der Waals surface area contributed by atoms with Crippen molar-refractivity contribution in [2.75, 3.05) is 0 Å². The first-order valence-electron chi connectivity index (χ1n) is 7.02. The van der Waals surface area contributed by atoms with E-state index >= 15 is 0 Å². The molecular formula is C17H12Cl2FN3O. The van der Waals surface area contributed by atoms with E-state index in [1.54, 1.807) is 41.2 Å². The first kappa shape index (κ1) is 16.5. The molecule has 0 fully saturated rings. The number of hydrogen-bond donors (Lipinski definition) is 1. The number of benzene rings is 2. The van der Waals surface area contributed by atoms with Crippen molar-refractivity contribution in [1.29, 1.82) is 0 Å². The minimum Gasteiger partial charge on any atom is -0.369 e. The summed E-state index contributed by atoms with van der Waals surface area (Å²) in [5.41, 5.74) is 7.90. The minimum atomic E-state index is -0.477. The number of carbonyl (C=O) groups excluding carboxylic acids is 1. The van der Waals surface area contributed by atoms with E-state index in [1.165, 1.54) is 12.1 Å². The van der Waals surface area contributed by atoms with Crippen LogP contribution in [0.25, 0.3) is 16.9 Å². The topological polar surface area (TPSA) is 60.9 Å². The van der Waals surface area contributed by atoms with Crippen LogP contribution in [-0.2, 0) is 11.2 Å². The number of nitrogens with zero attached hydrogens (tertiary/aromatic N) is 2. The molecule has 1 heterocycles. The van der Waals surface area contributed by atoms with Gasteiger partial charge in [0.1, 0.15) is 5.82 Å². The van der Waals surface area contributed by atoms with E-state index in [1.807, 2.05) is 0 Å². The molecule has 0 spiro atoms. The average molecular weight is 364 g/mol. The molecule has 0 aliphatic carbocycles. The highest BCUT2D eigenvalue weighted by Crippen LogP contribution is 2.30. The van der Waals surface area contributed by atoms with Gasteiger partial charge in [0.25, 0.3) is 0 Å². The fraction of sp³-hybridized carbons (Fsp3) is 0.0588. The molecular weight excluding hydrogens is 352 g/mol. The maximum absolute atomic E-state index is 13.1. The van der Waals surface area contributed by atoms with E-state index in [9.17, 15) is 9.18 Å². The van der Waals surface area contributed by atoms with E-state index in [0.29, 0.717) is 32.6 Å². The second-order valence-corrected chi connectivity index (χ2v) is 6.01. The zero-order valence-electron chi connectivity index (χ0n) is 12.3. The second-order valence-electron chi connectivity index (χ2n) is 5.20. The van der Waals surface area contributed by atoms with Gasteiger partial charge in [-0.2, -0.15) is 5.10 Å². The van der Waals surface area contributed by atoms with Gasteiger partial charge >= 0.3 is 0 Å². The van der Waals surface area contributed by atoms with Gasteiger partial charge in [0.2, 0.25) is 5.91 Å². The molecule has 24 heavy (non-hydrogen) atoms. The summed E-state index contributed by atoms with van der Waals surface area (Å²) in [6.45, 7) is 0. The van der Waals surface area contributed by atoms with Crippen molar-refractivity contribution < 1.29 is 9.18 Å². The maximum atomic E-state index is 13.1. The molecule has 1 amide bonds. The van der Waals surface area contributed by atoms with E-state index in [4.69, 9.17) is 28.9 Å². The minimum absolute atomic E-state index is 0.0246. The van der Waals surface area contributed by atoms with Gasteiger partial charge in [0.05, 0.1) is 27.8 Å². The smallest absolute Gasteiger partial charge is 0.221 e. The lowest BCUT2D eigenvalue weighted by molar-refractivity contribution is -0.117. The third-order valence-corrected chi connectivity index (χ3v) is 4.18. The summed E-state index contributed by atoms with van der Waals surface area (Å²) in [5.74, 6) is -0.817. The number of carbonyl (C=O) groups is 1. The first-order chi connectivity index (χ1) is 11.4. The van der Waals surface area contributed by atoms with Gasteiger partial charge in [-0.3, -0.25) is 4.79 Å². The predicted molar refractivity (Wildman–Crippen MR) is 91.9 cm³/mol. The molecule has 7 heteroatoms. The molecule has 0 bridgehead atoms. The number of primary amides is 1. The van der Waals surface area contributed by atoms with Crippen LogP contribution < -0.4 is 5.73 Å². The van der Waals surface area contributed by atoms with Crippen molar-refractivity contribution >= 4 is 29.1 Å². The van der Waals surface area contributed by atoms with Gasteiger partial charge in [-0.15, -0.1) is 0 Å². The van der Waals surface area contributed by atoms with Crippen molar-refractivity contribution in [3.8, 4) is 16.9 Å². The lowest BCUT2D eigenvalue weighted by Crippen LogP contribution is -2.13. The van der Waals surface area contributed by atoms with Gasteiger partial charge < -0.3 is 5.73 Å². The van der Waals surface area contributed by atoms with Gasteiger partial charge in [-0.05, 0) is 36.4 Å². The highest BCUT2D eigenvalue weighted by molar-refractivity contribution is 6.42. The van der Waals surface area contributed by atoms with Crippen molar-refractivity contribution in [1.82, 2.24) is 9.78 Å². The Labute approximate surface area is 147 Å². The quantitative estimate of drug-likeness (QED) is 0.760. The molecule has 3 rings (SSSR count). The Morgan fingerprint density at radius 1 is 1.12 bits per heavy atom. The summed E-state index contributed by atoms with van der Waals surface area (Å²) in [7, 11) is 0. The van der Waals surface area contributed by atoms with E-state index < -0.39 is 5.91 Å². The van der Waals surface area contributed by atoms with Gasteiger partial charge in [0, 0.05) is 17.3 Å². The van der Waals surface area contributed by atoms with Crippen LogP contribution in [0.1, 0.15) is 5.56 Å². The fourth-order valence-corrected chi connectivity index (χ4v) is 2.64. The Morgan fingerprint density at radius 2 is 1.83 bits per heavy atom. The molecule has 2 aromatic carbocycles. The Morgan fingerprint density at radius 3 is 2.46 bits per heavy atom. The summed E-state index contributed by atoms with van der Waals surface area (Å²) in [6.07, 6.45) is 1.71. The number of amides is 1. The summed E-state index contributed by atoms with van der Waals surface area (Å²) >= 11 is 12.0. The number of aromatic nitrogens is 2. The molecule has 0 unspecified atom stereocenters. The van der Waals surface area contributed by atoms with Crippen LogP contribution in [0, 0.1) is 5.82 Å². The molecule has 122 valence electrons. The van der Waals surface area contributed by atoms with E-state index in [2.05, 4.69) is 5.10 Å². The van der Waals surface area contributed by atoms with Crippen LogP contribution in [-0.4, -0.2) is 15.7 Å². The monoisotopic (exact) mass is 363 g/mol. The summed E-state index contributed by atoms with van der Waals surface area (Å²) in [6, 6.07) is 10.9. The van der Waals surface area contributed by atoms with E-state index in [-0.39, 0.29) is 12.2 Å². The number of nitrogens with two attached hydrogens (primary N) is 1. The Kier molecular flexibility index (Phi) is 4.55. The maximum Gasteiger partial charge on any atom is 0.221 e. The van der Waals surface area contributed by atoms with E-state index in [0.717, 1.165) is 0 Å². The molecule has 1 aromatic heterocycles. The van der Waals surface area contributed by atoms with Gasteiger partial charge in [-0.25, -0.2) is 9.07 Å². The van der Waals surface area contributed by atoms with Crippen molar-refractivity contribution in [3.63, 3.8) is 0 Å². The zero-order chi connectivity index (χ0) is 17.3. The SMILES string of the molecule is NC(=O)Cc1cn(-c2ccc(F)cc2)nc1-c1ccc(Cl)c(Cl)c1. The lowest BCUT2D eigenvalue weighted by atomic mass is 10.1. The molecule has 0 aliphatic rings. The highest BCUT2D eigenvalue weighted by Gasteiger charge is 2.15. The van der Waals surface area contributed by atoms with Gasteiger partial charge in [-0.1, -0.05) is 29.3 Å². The third-order valence-electron chi connectivity index (χ3n) is 3.44. The molecule has 2 N–H and O–H groups in total. The molecule has 0 saturated carbocycles. The summed E-state index contributed by atoms with van der Waals surface area (Å²) in [5, 5.41) is 5.30. The Hall–Kier alpha value is -2.37. The van der Waals surface area contributed by atoms with Crippen LogP contribution in [0.4, 0.5) is 4.39 Å². The largest absolute Gasteiger partial charge is 0.369 e. The van der Waals surface area contributed by atoms with Crippen LogP contribution in [0.2, 0.25) is 10.0 Å². The van der Waals surface area contributed by atoms with Gasteiger partial charge in [0.15, 0.2) is 0 Å². The van der Waals surface area contributed by atoms with Crippen molar-refractivity contribution in [2.45, 2.75) is 6.42 Å². The average Bonchev–Trinajstić information content (AvgIpc) is 2.94. The van der Waals surface area contributed by atoms with Crippen LogP contribution in [0.3, 0.4) is 0 Å². The zero-order valence-corrected chi connectivity index (χ0v) is 13.9. The molecule has 4 nitrogen and oxygen atoms in total.